The van der Waals surface area contributed by atoms with Gasteiger partial charge in [0.05, 0.1) is 6.04 Å². The third-order valence-electron chi connectivity index (χ3n) is 2.24. The average Bonchev–Trinajstić information content (AvgIpc) is 2.66. The minimum absolute atomic E-state index is 0.181. The van der Waals surface area contributed by atoms with Crippen LogP contribution in [0.2, 0.25) is 5.02 Å². The quantitative estimate of drug-likeness (QED) is 0.813. The first-order valence-electron chi connectivity index (χ1n) is 4.93. The molecule has 0 atom stereocenters. The van der Waals surface area contributed by atoms with Gasteiger partial charge in [0.15, 0.2) is 5.82 Å². The molecule has 2 aromatic rings. The van der Waals surface area contributed by atoms with Crippen LogP contribution in [0.5, 0.6) is 0 Å². The molecule has 0 radical (unpaired) electrons. The third-order valence-corrected chi connectivity index (χ3v) is 2.47. The summed E-state index contributed by atoms with van der Waals surface area (Å²) >= 11 is 5.84. The number of nitrogens with zero attached hydrogens (tertiary/aromatic N) is 4. The summed E-state index contributed by atoms with van der Waals surface area (Å²) in [6, 6.07) is 5.46. The molecule has 1 heterocycles. The van der Waals surface area contributed by atoms with Crippen molar-refractivity contribution in [3.05, 3.63) is 23.2 Å². The predicted octanol–water partition coefficient (Wildman–Crippen LogP) is 2.16. The van der Waals surface area contributed by atoms with Crippen LogP contribution in [-0.4, -0.2) is 20.2 Å². The molecule has 0 fully saturated rings. The minimum Gasteiger partial charge on any atom is -0.398 e. The van der Waals surface area contributed by atoms with Crippen molar-refractivity contribution < 1.29 is 0 Å². The zero-order chi connectivity index (χ0) is 11.7. The van der Waals surface area contributed by atoms with Gasteiger partial charge in [0.1, 0.15) is 0 Å². The maximum Gasteiger partial charge on any atom is 0.184 e. The SMILES string of the molecule is CC(C)n1nnnc1-c1ccc(Cl)cc1N. The Balaban J connectivity index is 2.54. The normalized spacial score (nSPS) is 11.0. The van der Waals surface area contributed by atoms with E-state index in [0.717, 1.165) is 5.56 Å². The molecule has 1 aromatic carbocycles. The first kappa shape index (κ1) is 10.9. The van der Waals surface area contributed by atoms with Gasteiger partial charge < -0.3 is 5.73 Å². The standard InChI is InChI=1S/C10H12ClN5/c1-6(2)16-10(13-14-15-16)8-4-3-7(11)5-9(8)12/h3-6H,12H2,1-2H3. The molecular formula is C10H12ClN5. The Morgan fingerprint density at radius 1 is 1.38 bits per heavy atom. The fourth-order valence-corrected chi connectivity index (χ4v) is 1.64. The Bertz CT molecular complexity index is 506. The number of aromatic nitrogens is 4. The van der Waals surface area contributed by atoms with E-state index in [1.54, 1.807) is 16.8 Å². The van der Waals surface area contributed by atoms with E-state index >= 15 is 0 Å². The van der Waals surface area contributed by atoms with Crippen molar-refractivity contribution in [3.8, 4) is 11.4 Å². The molecule has 0 unspecified atom stereocenters. The van der Waals surface area contributed by atoms with Crippen LogP contribution in [0.3, 0.4) is 0 Å². The van der Waals surface area contributed by atoms with Crippen LogP contribution in [-0.2, 0) is 0 Å². The smallest absolute Gasteiger partial charge is 0.184 e. The lowest BCUT2D eigenvalue weighted by atomic mass is 10.1. The molecule has 0 amide bonds. The summed E-state index contributed by atoms with van der Waals surface area (Å²) in [4.78, 5) is 0. The largest absolute Gasteiger partial charge is 0.398 e. The summed E-state index contributed by atoms with van der Waals surface area (Å²) in [6.45, 7) is 4.01. The molecule has 0 spiro atoms. The molecule has 5 nitrogen and oxygen atoms in total. The molecular weight excluding hydrogens is 226 g/mol. The maximum absolute atomic E-state index is 5.89. The Morgan fingerprint density at radius 2 is 2.12 bits per heavy atom. The topological polar surface area (TPSA) is 69.6 Å². The minimum atomic E-state index is 0.181. The summed E-state index contributed by atoms with van der Waals surface area (Å²) in [5.74, 6) is 0.657. The first-order valence-corrected chi connectivity index (χ1v) is 5.30. The lowest BCUT2D eigenvalue weighted by Crippen LogP contribution is -2.06. The lowest BCUT2D eigenvalue weighted by molar-refractivity contribution is 0.519. The van der Waals surface area contributed by atoms with Gasteiger partial charge in [0.2, 0.25) is 0 Å². The van der Waals surface area contributed by atoms with E-state index in [9.17, 15) is 0 Å². The Hall–Kier alpha value is -1.62. The van der Waals surface area contributed by atoms with Crippen LogP contribution < -0.4 is 5.73 Å². The van der Waals surface area contributed by atoms with Crippen molar-refractivity contribution >= 4 is 17.3 Å². The van der Waals surface area contributed by atoms with E-state index in [2.05, 4.69) is 15.5 Å². The highest BCUT2D eigenvalue weighted by atomic mass is 35.5. The predicted molar refractivity (Wildman–Crippen MR) is 63.1 cm³/mol. The van der Waals surface area contributed by atoms with Crippen LogP contribution in [0.4, 0.5) is 5.69 Å². The Kier molecular flexibility index (Phi) is 2.78. The fourth-order valence-electron chi connectivity index (χ4n) is 1.46. The van der Waals surface area contributed by atoms with E-state index in [0.29, 0.717) is 16.5 Å². The van der Waals surface area contributed by atoms with Crippen molar-refractivity contribution in [2.75, 3.05) is 5.73 Å². The van der Waals surface area contributed by atoms with Crippen LogP contribution in [0.15, 0.2) is 18.2 Å². The average molecular weight is 238 g/mol. The zero-order valence-electron chi connectivity index (χ0n) is 9.05. The highest BCUT2D eigenvalue weighted by Crippen LogP contribution is 2.27. The molecule has 0 saturated carbocycles. The fraction of sp³-hybridized carbons (Fsp3) is 0.300. The number of hydrogen-bond donors (Lipinski definition) is 1. The number of nitrogen functional groups attached to an aromatic ring is 1. The van der Waals surface area contributed by atoms with Gasteiger partial charge in [0.25, 0.3) is 0 Å². The van der Waals surface area contributed by atoms with Gasteiger partial charge in [0, 0.05) is 16.3 Å². The van der Waals surface area contributed by atoms with Crippen molar-refractivity contribution in [1.29, 1.82) is 0 Å². The van der Waals surface area contributed by atoms with Gasteiger partial charge in [-0.3, -0.25) is 0 Å². The number of nitrogens with two attached hydrogens (primary N) is 1. The number of hydrogen-bond acceptors (Lipinski definition) is 4. The first-order chi connectivity index (χ1) is 7.59. The summed E-state index contributed by atoms with van der Waals surface area (Å²) in [5, 5.41) is 12.2. The number of halogens is 1. The van der Waals surface area contributed by atoms with Crippen molar-refractivity contribution in [1.82, 2.24) is 20.2 Å². The number of rotatable bonds is 2. The molecule has 0 saturated heterocycles. The van der Waals surface area contributed by atoms with E-state index in [1.807, 2.05) is 19.9 Å². The number of benzene rings is 1. The van der Waals surface area contributed by atoms with Crippen molar-refractivity contribution in [2.45, 2.75) is 19.9 Å². The molecule has 0 aliphatic heterocycles. The molecule has 84 valence electrons. The molecule has 6 heteroatoms. The van der Waals surface area contributed by atoms with Crippen LogP contribution >= 0.6 is 11.6 Å². The second kappa shape index (κ2) is 4.09. The van der Waals surface area contributed by atoms with Crippen LogP contribution in [0.25, 0.3) is 11.4 Å². The van der Waals surface area contributed by atoms with Crippen molar-refractivity contribution in [2.24, 2.45) is 0 Å². The van der Waals surface area contributed by atoms with Gasteiger partial charge in [-0.15, -0.1) is 5.10 Å². The van der Waals surface area contributed by atoms with E-state index < -0.39 is 0 Å². The monoisotopic (exact) mass is 237 g/mol. The van der Waals surface area contributed by atoms with Crippen molar-refractivity contribution in [3.63, 3.8) is 0 Å². The van der Waals surface area contributed by atoms with Crippen LogP contribution in [0.1, 0.15) is 19.9 Å². The summed E-state index contributed by atoms with van der Waals surface area (Å²) in [7, 11) is 0. The van der Waals surface area contributed by atoms with E-state index in [-0.39, 0.29) is 6.04 Å². The summed E-state index contributed by atoms with van der Waals surface area (Å²) in [6.07, 6.45) is 0. The van der Waals surface area contributed by atoms with Gasteiger partial charge in [-0.05, 0) is 42.5 Å². The Morgan fingerprint density at radius 3 is 2.75 bits per heavy atom. The van der Waals surface area contributed by atoms with Gasteiger partial charge in [-0.1, -0.05) is 11.6 Å². The van der Waals surface area contributed by atoms with E-state index in [1.165, 1.54) is 0 Å². The molecule has 2 rings (SSSR count). The van der Waals surface area contributed by atoms with Gasteiger partial charge >= 0.3 is 0 Å². The summed E-state index contributed by atoms with van der Waals surface area (Å²) < 4.78 is 1.72. The molecule has 0 bridgehead atoms. The lowest BCUT2D eigenvalue weighted by Gasteiger charge is -2.09. The van der Waals surface area contributed by atoms with Gasteiger partial charge in [-0.2, -0.15) is 0 Å². The molecule has 16 heavy (non-hydrogen) atoms. The molecule has 0 aliphatic carbocycles. The van der Waals surface area contributed by atoms with Crippen LogP contribution in [0, 0.1) is 0 Å². The highest BCUT2D eigenvalue weighted by Gasteiger charge is 2.13. The second-order valence-electron chi connectivity index (χ2n) is 3.77. The maximum atomic E-state index is 5.89. The molecule has 1 aromatic heterocycles. The number of tetrazole rings is 1. The molecule has 2 N–H and O–H groups in total. The zero-order valence-corrected chi connectivity index (χ0v) is 9.81. The van der Waals surface area contributed by atoms with Gasteiger partial charge in [-0.25, -0.2) is 4.68 Å². The third kappa shape index (κ3) is 1.86. The van der Waals surface area contributed by atoms with E-state index in [4.69, 9.17) is 17.3 Å². The number of anilines is 1. The second-order valence-corrected chi connectivity index (χ2v) is 4.21. The summed E-state index contributed by atoms with van der Waals surface area (Å²) in [5.41, 5.74) is 7.26. The Labute approximate surface area is 98.2 Å². The molecule has 0 aliphatic rings. The highest BCUT2D eigenvalue weighted by molar-refractivity contribution is 6.31.